The topological polar surface area (TPSA) is 39.3 Å². The molecular formula is C54H34BN2O2. The molecule has 0 saturated carbocycles. The summed E-state index contributed by atoms with van der Waals surface area (Å²) in [7, 11) is 2.17. The maximum Gasteiger partial charge on any atom is 0.202 e. The molecule has 0 aliphatic carbocycles. The molecule has 11 aromatic rings. The number of hydrogen-bond acceptors (Lipinski definition) is 2. The van der Waals surface area contributed by atoms with Crippen molar-refractivity contribution in [1.82, 2.24) is 9.13 Å². The number of ether oxygens (including phenoxy) is 1. The number of aromatic hydroxyl groups is 1. The Morgan fingerprint density at radius 3 is 1.63 bits per heavy atom. The van der Waals surface area contributed by atoms with Crippen molar-refractivity contribution in [3.63, 3.8) is 0 Å². The van der Waals surface area contributed by atoms with Crippen LogP contribution in [0, 0.1) is 0 Å². The van der Waals surface area contributed by atoms with Gasteiger partial charge in [0.25, 0.3) is 0 Å². The number of phenolic OH excluding ortho intramolecular Hbond substituents is 1. The fraction of sp³-hybridized carbons (Fsp3) is 0. The summed E-state index contributed by atoms with van der Waals surface area (Å²) in [6.07, 6.45) is 0. The number of fused-ring (bicyclic) bond motifs is 8. The van der Waals surface area contributed by atoms with Crippen molar-refractivity contribution in [2.24, 2.45) is 0 Å². The standard InChI is InChI=1S/C54H34BN2O2/c58-51-32-36(38-15-1-6-21-46(38)57-49-24-9-4-18-41(49)42-19-5-10-25-50(42)57)27-29-43(51)44-20-12-26-52-54(44)55-45-30-28-35(33-53(45)59-52)34-13-11-14-37(31-34)56-47-22-7-2-16-39(47)40-17-3-8-23-48(40)56/h1-33,58H. The third-order valence-corrected chi connectivity index (χ3v) is 11.9. The molecule has 2 aromatic heterocycles. The summed E-state index contributed by atoms with van der Waals surface area (Å²) < 4.78 is 11.3. The minimum atomic E-state index is 0.214. The lowest BCUT2D eigenvalue weighted by Gasteiger charge is -2.23. The number of hydrogen-bond donors (Lipinski definition) is 1. The van der Waals surface area contributed by atoms with Crippen molar-refractivity contribution in [3.05, 3.63) is 200 Å². The van der Waals surface area contributed by atoms with Gasteiger partial charge in [-0.1, -0.05) is 140 Å². The Morgan fingerprint density at radius 1 is 0.390 bits per heavy atom. The molecule has 275 valence electrons. The van der Waals surface area contributed by atoms with Crippen molar-refractivity contribution in [1.29, 1.82) is 0 Å². The van der Waals surface area contributed by atoms with Crippen LogP contribution in [-0.2, 0) is 0 Å². The van der Waals surface area contributed by atoms with Crippen LogP contribution in [0.15, 0.2) is 200 Å². The van der Waals surface area contributed by atoms with Crippen molar-refractivity contribution in [2.75, 3.05) is 0 Å². The van der Waals surface area contributed by atoms with Gasteiger partial charge in [-0.2, -0.15) is 0 Å². The van der Waals surface area contributed by atoms with E-state index in [2.05, 4.69) is 192 Å². The first-order valence-electron chi connectivity index (χ1n) is 20.0. The van der Waals surface area contributed by atoms with Gasteiger partial charge in [0.2, 0.25) is 7.28 Å². The Kier molecular flexibility index (Phi) is 7.44. The zero-order valence-corrected chi connectivity index (χ0v) is 31.9. The molecule has 0 atom stereocenters. The zero-order valence-electron chi connectivity index (χ0n) is 31.9. The van der Waals surface area contributed by atoms with E-state index in [9.17, 15) is 5.11 Å². The Hall–Kier alpha value is -7.76. The van der Waals surface area contributed by atoms with Gasteiger partial charge in [-0.15, -0.1) is 0 Å². The van der Waals surface area contributed by atoms with E-state index >= 15 is 0 Å². The number of nitrogens with zero attached hydrogens (tertiary/aromatic N) is 2. The van der Waals surface area contributed by atoms with Crippen molar-refractivity contribution >= 4 is 61.8 Å². The molecule has 12 rings (SSSR count). The van der Waals surface area contributed by atoms with E-state index < -0.39 is 0 Å². The minimum Gasteiger partial charge on any atom is -0.507 e. The lowest BCUT2D eigenvalue weighted by Crippen LogP contribution is -2.35. The van der Waals surface area contributed by atoms with Crippen LogP contribution in [0.5, 0.6) is 17.2 Å². The van der Waals surface area contributed by atoms with Crippen molar-refractivity contribution < 1.29 is 9.84 Å². The van der Waals surface area contributed by atoms with Gasteiger partial charge in [-0.3, -0.25) is 0 Å². The maximum absolute atomic E-state index is 11.8. The molecule has 1 aliphatic heterocycles. The van der Waals surface area contributed by atoms with Gasteiger partial charge in [0.1, 0.15) is 17.2 Å². The molecule has 0 unspecified atom stereocenters. The predicted molar refractivity (Wildman–Crippen MR) is 245 cm³/mol. The van der Waals surface area contributed by atoms with E-state index in [4.69, 9.17) is 4.74 Å². The highest BCUT2D eigenvalue weighted by Gasteiger charge is 2.24. The van der Waals surface area contributed by atoms with E-state index in [1.165, 1.54) is 32.6 Å². The van der Waals surface area contributed by atoms with Gasteiger partial charge in [0.05, 0.1) is 27.8 Å². The first-order valence-corrected chi connectivity index (χ1v) is 20.0. The first kappa shape index (κ1) is 33.4. The normalized spacial score (nSPS) is 12.1. The van der Waals surface area contributed by atoms with Crippen LogP contribution in [0.4, 0.5) is 0 Å². The summed E-state index contributed by atoms with van der Waals surface area (Å²) in [4.78, 5) is 0. The quantitative estimate of drug-likeness (QED) is 0.178. The summed E-state index contributed by atoms with van der Waals surface area (Å²) >= 11 is 0. The fourth-order valence-corrected chi connectivity index (χ4v) is 9.26. The highest BCUT2D eigenvalue weighted by Crippen LogP contribution is 2.40. The average molecular weight is 754 g/mol. The number of rotatable bonds is 5. The summed E-state index contributed by atoms with van der Waals surface area (Å²) in [5.74, 6) is 1.77. The molecule has 0 bridgehead atoms. The predicted octanol–water partition coefficient (Wildman–Crippen LogP) is 12.3. The van der Waals surface area contributed by atoms with Gasteiger partial charge in [-0.25, -0.2) is 0 Å². The van der Waals surface area contributed by atoms with Gasteiger partial charge >= 0.3 is 0 Å². The molecule has 9 aromatic carbocycles. The monoisotopic (exact) mass is 753 g/mol. The van der Waals surface area contributed by atoms with E-state index in [0.717, 1.165) is 78.2 Å². The van der Waals surface area contributed by atoms with Crippen LogP contribution in [0.2, 0.25) is 0 Å². The second-order valence-electron chi connectivity index (χ2n) is 15.3. The van der Waals surface area contributed by atoms with Gasteiger partial charge in [0.15, 0.2) is 0 Å². The first-order chi connectivity index (χ1) is 29.2. The molecule has 0 spiro atoms. The molecule has 59 heavy (non-hydrogen) atoms. The maximum atomic E-state index is 11.8. The number of phenols is 1. The molecule has 0 amide bonds. The molecule has 3 heterocycles. The third kappa shape index (κ3) is 5.25. The molecule has 4 nitrogen and oxygen atoms in total. The van der Waals surface area contributed by atoms with Crippen LogP contribution >= 0.6 is 0 Å². The Labute approximate surface area is 341 Å². The number of benzene rings is 9. The summed E-state index contributed by atoms with van der Waals surface area (Å²) in [6, 6.07) is 69.9. The van der Waals surface area contributed by atoms with Crippen LogP contribution in [-0.4, -0.2) is 21.5 Å². The van der Waals surface area contributed by atoms with Crippen LogP contribution < -0.4 is 15.7 Å². The van der Waals surface area contributed by atoms with Gasteiger partial charge in [-0.05, 0) is 93.8 Å². The molecule has 1 radical (unpaired) electrons. The molecular weight excluding hydrogens is 719 g/mol. The van der Waals surface area contributed by atoms with Gasteiger partial charge in [0, 0.05) is 38.4 Å². The van der Waals surface area contributed by atoms with E-state index in [-0.39, 0.29) is 5.75 Å². The molecule has 1 N–H and O–H groups in total. The minimum absolute atomic E-state index is 0.214. The SMILES string of the molecule is Oc1cc(-c2ccccc2-n2c3ccccc3c3ccccc32)ccc1-c1cccc2c1[B]c1ccc(-c3cccc(-n4c5ccccc5c5ccccc54)c3)cc1O2. The van der Waals surface area contributed by atoms with Crippen LogP contribution in [0.25, 0.3) is 88.4 Å². The fourth-order valence-electron chi connectivity index (χ4n) is 9.26. The lowest BCUT2D eigenvalue weighted by atomic mass is 9.59. The molecule has 0 saturated heterocycles. The second kappa shape index (κ2) is 13.2. The number of aromatic nitrogens is 2. The zero-order chi connectivity index (χ0) is 39.0. The molecule has 1 aliphatic rings. The third-order valence-electron chi connectivity index (χ3n) is 11.9. The second-order valence-corrected chi connectivity index (χ2v) is 15.3. The Balaban J connectivity index is 0.879. The van der Waals surface area contributed by atoms with Crippen LogP contribution in [0.1, 0.15) is 0 Å². The number of para-hydroxylation sites is 5. The van der Waals surface area contributed by atoms with E-state index in [0.29, 0.717) is 0 Å². The highest BCUT2D eigenvalue weighted by molar-refractivity contribution is 6.71. The molecule has 0 fully saturated rings. The molecule has 5 heteroatoms. The highest BCUT2D eigenvalue weighted by atomic mass is 16.5. The summed E-state index contributed by atoms with van der Waals surface area (Å²) in [5, 5.41) is 16.7. The smallest absolute Gasteiger partial charge is 0.202 e. The van der Waals surface area contributed by atoms with E-state index in [1.54, 1.807) is 0 Å². The van der Waals surface area contributed by atoms with Crippen molar-refractivity contribution in [3.8, 4) is 62.0 Å². The Morgan fingerprint density at radius 2 is 0.949 bits per heavy atom. The lowest BCUT2D eigenvalue weighted by molar-refractivity contribution is 0.477. The van der Waals surface area contributed by atoms with Crippen LogP contribution in [0.3, 0.4) is 0 Å². The van der Waals surface area contributed by atoms with Crippen molar-refractivity contribution in [2.45, 2.75) is 0 Å². The largest absolute Gasteiger partial charge is 0.507 e. The average Bonchev–Trinajstić information content (AvgIpc) is 3.81. The summed E-state index contributed by atoms with van der Waals surface area (Å²) in [5.41, 5.74) is 14.6. The van der Waals surface area contributed by atoms with Gasteiger partial charge < -0.3 is 19.0 Å². The van der Waals surface area contributed by atoms with E-state index in [1.807, 2.05) is 24.3 Å². The summed E-state index contributed by atoms with van der Waals surface area (Å²) in [6.45, 7) is 0. The Bertz CT molecular complexity index is 3380.